The fourth-order valence-corrected chi connectivity index (χ4v) is 2.30. The lowest BCUT2D eigenvalue weighted by molar-refractivity contribution is 0.207. The van der Waals surface area contributed by atoms with Crippen LogP contribution in [0.5, 0.6) is 5.88 Å². The second-order valence-electron chi connectivity index (χ2n) is 4.67. The Kier molecular flexibility index (Phi) is 4.84. The highest BCUT2D eigenvalue weighted by Gasteiger charge is 2.08. The number of nitrogens with zero attached hydrogens (tertiary/aromatic N) is 2. The summed E-state index contributed by atoms with van der Waals surface area (Å²) in [5.74, 6) is 0.953. The fraction of sp³-hybridized carbons (Fsp3) is 0.333. The normalized spacial score (nSPS) is 12.2. The molecule has 0 aliphatic carbocycles. The molecule has 106 valence electrons. The first-order chi connectivity index (χ1) is 9.56. The molecule has 0 saturated carbocycles. The summed E-state index contributed by atoms with van der Waals surface area (Å²) < 4.78 is 5.70. The predicted octanol–water partition coefficient (Wildman–Crippen LogP) is 3.70. The van der Waals surface area contributed by atoms with Gasteiger partial charge in [-0.2, -0.15) is 4.98 Å². The minimum Gasteiger partial charge on any atom is -0.475 e. The smallest absolute Gasteiger partial charge is 0.219 e. The van der Waals surface area contributed by atoms with Gasteiger partial charge in [0.1, 0.15) is 5.82 Å². The van der Waals surface area contributed by atoms with E-state index in [1.807, 2.05) is 19.1 Å². The fourth-order valence-electron chi connectivity index (χ4n) is 1.53. The number of nitrogens with two attached hydrogens (primary N) is 1. The summed E-state index contributed by atoms with van der Waals surface area (Å²) in [6.45, 7) is 6.13. The highest BCUT2D eigenvalue weighted by molar-refractivity contribution is 7.99. The van der Waals surface area contributed by atoms with Crippen LogP contribution in [0.15, 0.2) is 40.4 Å². The van der Waals surface area contributed by atoms with Crippen molar-refractivity contribution in [3.8, 4) is 5.88 Å². The monoisotopic (exact) mass is 289 g/mol. The number of rotatable bonds is 5. The Labute approximate surface area is 123 Å². The molecular formula is C15H19N3OS. The number of hydrogen-bond donors (Lipinski definition) is 1. The quantitative estimate of drug-likeness (QED) is 0.850. The number of benzene rings is 1. The molecule has 20 heavy (non-hydrogen) atoms. The van der Waals surface area contributed by atoms with E-state index < -0.39 is 0 Å². The summed E-state index contributed by atoms with van der Waals surface area (Å²) in [5.41, 5.74) is 7.04. The second-order valence-corrected chi connectivity index (χ2v) is 5.71. The molecule has 0 fully saturated rings. The third-order valence-electron chi connectivity index (χ3n) is 2.83. The molecule has 5 heteroatoms. The Morgan fingerprint density at radius 3 is 2.60 bits per heavy atom. The summed E-state index contributed by atoms with van der Waals surface area (Å²) >= 11 is 1.48. The van der Waals surface area contributed by atoms with Crippen LogP contribution in [0.2, 0.25) is 0 Å². The van der Waals surface area contributed by atoms with E-state index in [1.54, 1.807) is 6.07 Å². The molecule has 0 spiro atoms. The van der Waals surface area contributed by atoms with Crippen molar-refractivity contribution in [2.75, 3.05) is 5.73 Å². The summed E-state index contributed by atoms with van der Waals surface area (Å²) in [5, 5.41) is 0.604. The molecule has 2 aromatic rings. The summed E-state index contributed by atoms with van der Waals surface area (Å²) in [4.78, 5) is 9.70. The van der Waals surface area contributed by atoms with Crippen LogP contribution in [-0.4, -0.2) is 16.1 Å². The molecule has 0 bridgehead atoms. The zero-order chi connectivity index (χ0) is 14.5. The van der Waals surface area contributed by atoms with Crippen LogP contribution in [0, 0.1) is 6.92 Å². The average Bonchev–Trinajstić information content (AvgIpc) is 2.40. The maximum atomic E-state index is 5.81. The van der Waals surface area contributed by atoms with Crippen molar-refractivity contribution in [2.24, 2.45) is 0 Å². The van der Waals surface area contributed by atoms with Crippen molar-refractivity contribution in [3.63, 3.8) is 0 Å². The molecule has 2 N–H and O–H groups in total. The third-order valence-corrected chi connectivity index (χ3v) is 3.70. The molecule has 0 radical (unpaired) electrons. The third kappa shape index (κ3) is 4.13. The van der Waals surface area contributed by atoms with Crippen LogP contribution in [0.4, 0.5) is 5.82 Å². The van der Waals surface area contributed by atoms with E-state index in [2.05, 4.69) is 35.9 Å². The molecule has 1 unspecified atom stereocenters. The van der Waals surface area contributed by atoms with Crippen LogP contribution in [0.3, 0.4) is 0 Å². The Morgan fingerprint density at radius 1 is 1.25 bits per heavy atom. The van der Waals surface area contributed by atoms with E-state index in [0.29, 0.717) is 16.9 Å². The van der Waals surface area contributed by atoms with Crippen molar-refractivity contribution in [3.05, 3.63) is 35.9 Å². The number of aryl methyl sites for hydroxylation is 1. The van der Waals surface area contributed by atoms with Crippen LogP contribution < -0.4 is 10.5 Å². The van der Waals surface area contributed by atoms with Gasteiger partial charge in [-0.1, -0.05) is 24.6 Å². The van der Waals surface area contributed by atoms with Gasteiger partial charge in [0.2, 0.25) is 5.88 Å². The van der Waals surface area contributed by atoms with Gasteiger partial charge < -0.3 is 10.5 Å². The minimum atomic E-state index is 0.113. The molecular weight excluding hydrogens is 270 g/mol. The number of anilines is 1. The zero-order valence-electron chi connectivity index (χ0n) is 12.0. The van der Waals surface area contributed by atoms with Crippen molar-refractivity contribution < 1.29 is 4.74 Å². The van der Waals surface area contributed by atoms with Gasteiger partial charge in [0.15, 0.2) is 5.16 Å². The van der Waals surface area contributed by atoms with E-state index in [4.69, 9.17) is 10.5 Å². The van der Waals surface area contributed by atoms with Gasteiger partial charge in [0.05, 0.1) is 6.10 Å². The Morgan fingerprint density at radius 2 is 1.95 bits per heavy atom. The number of nitrogen functional groups attached to an aromatic ring is 1. The van der Waals surface area contributed by atoms with Gasteiger partial charge in [-0.25, -0.2) is 4.98 Å². The number of aromatic nitrogens is 2. The van der Waals surface area contributed by atoms with Crippen molar-refractivity contribution >= 4 is 17.6 Å². The molecule has 2 rings (SSSR count). The maximum absolute atomic E-state index is 5.81. The van der Waals surface area contributed by atoms with Crippen LogP contribution >= 0.6 is 11.8 Å². The molecule has 0 saturated heterocycles. The molecule has 0 amide bonds. The van der Waals surface area contributed by atoms with E-state index in [9.17, 15) is 0 Å². The lowest BCUT2D eigenvalue weighted by atomic mass is 10.2. The SMILES string of the molecule is CCC(C)Oc1cc(N)nc(Sc2ccc(C)cc2)n1. The van der Waals surface area contributed by atoms with E-state index >= 15 is 0 Å². The molecule has 1 aromatic heterocycles. The average molecular weight is 289 g/mol. The summed E-state index contributed by atoms with van der Waals surface area (Å²) in [6.07, 6.45) is 1.03. The van der Waals surface area contributed by atoms with Crippen LogP contribution in [0.1, 0.15) is 25.8 Å². The molecule has 1 heterocycles. The Balaban J connectivity index is 2.17. The molecule has 4 nitrogen and oxygen atoms in total. The molecule has 1 atom stereocenters. The Hall–Kier alpha value is -1.75. The lowest BCUT2D eigenvalue weighted by Crippen LogP contribution is -2.11. The zero-order valence-corrected chi connectivity index (χ0v) is 12.8. The first-order valence-corrected chi connectivity index (χ1v) is 7.44. The lowest BCUT2D eigenvalue weighted by Gasteiger charge is -2.12. The van der Waals surface area contributed by atoms with E-state index in [1.165, 1.54) is 17.3 Å². The largest absolute Gasteiger partial charge is 0.475 e. The molecule has 0 aliphatic heterocycles. The van der Waals surface area contributed by atoms with E-state index in [-0.39, 0.29) is 6.10 Å². The van der Waals surface area contributed by atoms with Crippen LogP contribution in [-0.2, 0) is 0 Å². The standard InChI is InChI=1S/C15H19N3OS/c1-4-11(3)19-14-9-13(16)17-15(18-14)20-12-7-5-10(2)6-8-12/h5-9,11H,4H2,1-3H3,(H2,16,17,18). The maximum Gasteiger partial charge on any atom is 0.219 e. The summed E-state index contributed by atoms with van der Waals surface area (Å²) in [7, 11) is 0. The molecule has 1 aromatic carbocycles. The van der Waals surface area contributed by atoms with Gasteiger partial charge >= 0.3 is 0 Å². The van der Waals surface area contributed by atoms with Gasteiger partial charge in [-0.05, 0) is 44.2 Å². The topological polar surface area (TPSA) is 61.0 Å². The highest BCUT2D eigenvalue weighted by Crippen LogP contribution is 2.27. The van der Waals surface area contributed by atoms with Crippen LogP contribution in [0.25, 0.3) is 0 Å². The number of hydrogen-bond acceptors (Lipinski definition) is 5. The first-order valence-electron chi connectivity index (χ1n) is 6.62. The van der Waals surface area contributed by atoms with Gasteiger partial charge in [0.25, 0.3) is 0 Å². The first kappa shape index (κ1) is 14.7. The van der Waals surface area contributed by atoms with Gasteiger partial charge in [-0.15, -0.1) is 0 Å². The Bertz CT molecular complexity index is 572. The highest BCUT2D eigenvalue weighted by atomic mass is 32.2. The minimum absolute atomic E-state index is 0.113. The summed E-state index contributed by atoms with van der Waals surface area (Å²) in [6, 6.07) is 9.87. The van der Waals surface area contributed by atoms with Crippen molar-refractivity contribution in [2.45, 2.75) is 43.3 Å². The predicted molar refractivity (Wildman–Crippen MR) is 82.1 cm³/mol. The second kappa shape index (κ2) is 6.61. The van der Waals surface area contributed by atoms with Crippen molar-refractivity contribution in [1.29, 1.82) is 0 Å². The van der Waals surface area contributed by atoms with Crippen molar-refractivity contribution in [1.82, 2.24) is 9.97 Å². The molecule has 0 aliphatic rings. The van der Waals surface area contributed by atoms with Gasteiger partial charge in [0, 0.05) is 11.0 Å². The number of ether oxygens (including phenoxy) is 1. The van der Waals surface area contributed by atoms with Gasteiger partial charge in [-0.3, -0.25) is 0 Å². The van der Waals surface area contributed by atoms with E-state index in [0.717, 1.165) is 11.3 Å².